The van der Waals surface area contributed by atoms with Gasteiger partial charge in [-0.15, -0.1) is 0 Å². The lowest BCUT2D eigenvalue weighted by atomic mass is 10.2. The minimum Gasteiger partial charge on any atom is -0.348 e. The molecule has 0 spiro atoms. The molecule has 2 aliphatic heterocycles. The van der Waals surface area contributed by atoms with Gasteiger partial charge in [-0.2, -0.15) is 4.99 Å². The summed E-state index contributed by atoms with van der Waals surface area (Å²) in [5.74, 6) is -0.145. The van der Waals surface area contributed by atoms with Crippen LogP contribution in [0, 0.1) is 0 Å². The number of thioether (sulfide) groups is 1. The lowest BCUT2D eigenvalue weighted by Gasteiger charge is -2.34. The maximum absolute atomic E-state index is 12.1. The van der Waals surface area contributed by atoms with Crippen LogP contribution in [0.2, 0.25) is 5.02 Å². The average Bonchev–Trinajstić information content (AvgIpc) is 2.91. The van der Waals surface area contributed by atoms with Crippen molar-refractivity contribution in [1.82, 2.24) is 9.80 Å². The summed E-state index contributed by atoms with van der Waals surface area (Å²) >= 11 is 7.35. The summed E-state index contributed by atoms with van der Waals surface area (Å²) in [5.41, 5.74) is 0.965. The summed E-state index contributed by atoms with van der Waals surface area (Å²) in [6, 6.07) is 7.45. The van der Waals surface area contributed by atoms with Crippen LogP contribution in [0.15, 0.2) is 34.2 Å². The molecule has 4 nitrogen and oxygen atoms in total. The molecular weight excluding hydrogens is 318 g/mol. The van der Waals surface area contributed by atoms with Crippen molar-refractivity contribution in [3.63, 3.8) is 0 Å². The van der Waals surface area contributed by atoms with Gasteiger partial charge in [0.1, 0.15) is 0 Å². The molecule has 0 saturated carbocycles. The smallest absolute Gasteiger partial charge is 0.286 e. The van der Waals surface area contributed by atoms with Crippen molar-refractivity contribution < 1.29 is 4.79 Å². The van der Waals surface area contributed by atoms with Gasteiger partial charge in [0.2, 0.25) is 0 Å². The van der Waals surface area contributed by atoms with Gasteiger partial charge >= 0.3 is 0 Å². The van der Waals surface area contributed by atoms with Gasteiger partial charge in [-0.3, -0.25) is 4.79 Å². The Balaban J connectivity index is 1.67. The number of hydrogen-bond acceptors (Lipinski definition) is 4. The van der Waals surface area contributed by atoms with Crippen LogP contribution in [-0.2, 0) is 4.79 Å². The quantitative estimate of drug-likeness (QED) is 0.778. The molecule has 0 radical (unpaired) electrons. The van der Waals surface area contributed by atoms with Crippen LogP contribution in [0.3, 0.4) is 0 Å². The monoisotopic (exact) mass is 335 g/mol. The summed E-state index contributed by atoms with van der Waals surface area (Å²) in [6.07, 6.45) is 1.88. The summed E-state index contributed by atoms with van der Waals surface area (Å²) in [6.45, 7) is 7.17. The number of halogens is 1. The molecule has 1 fully saturated rings. The minimum absolute atomic E-state index is 0.145. The first-order valence-electron chi connectivity index (χ1n) is 7.41. The third-order valence-electron chi connectivity index (χ3n) is 3.87. The molecule has 3 rings (SSSR count). The summed E-state index contributed by atoms with van der Waals surface area (Å²) in [5, 5.41) is 1.53. The number of rotatable bonds is 2. The first-order valence-corrected chi connectivity index (χ1v) is 8.60. The molecule has 0 aromatic heterocycles. The van der Waals surface area contributed by atoms with Crippen LogP contribution in [0.25, 0.3) is 6.08 Å². The van der Waals surface area contributed by atoms with Crippen molar-refractivity contribution >= 4 is 40.5 Å². The molecule has 2 aliphatic rings. The highest BCUT2D eigenvalue weighted by atomic mass is 35.5. The second-order valence-electron chi connectivity index (χ2n) is 5.28. The Hall–Kier alpha value is -1.30. The largest absolute Gasteiger partial charge is 0.348 e. The number of hydrogen-bond donors (Lipinski definition) is 0. The van der Waals surface area contributed by atoms with E-state index in [9.17, 15) is 4.79 Å². The Morgan fingerprint density at radius 1 is 1.23 bits per heavy atom. The van der Waals surface area contributed by atoms with Crippen molar-refractivity contribution in [1.29, 1.82) is 0 Å². The van der Waals surface area contributed by atoms with E-state index >= 15 is 0 Å². The number of likely N-dealkylation sites (N-methyl/N-ethyl adjacent to an activating group) is 1. The van der Waals surface area contributed by atoms with Gasteiger partial charge < -0.3 is 9.80 Å². The predicted molar refractivity (Wildman–Crippen MR) is 93.1 cm³/mol. The highest BCUT2D eigenvalue weighted by Crippen LogP contribution is 2.30. The van der Waals surface area contributed by atoms with Crippen molar-refractivity contribution in [3.8, 4) is 0 Å². The van der Waals surface area contributed by atoms with Gasteiger partial charge in [0, 0.05) is 31.2 Å². The zero-order valence-electron chi connectivity index (χ0n) is 12.5. The molecule has 2 heterocycles. The Morgan fingerprint density at radius 3 is 2.55 bits per heavy atom. The van der Waals surface area contributed by atoms with E-state index in [1.165, 1.54) is 11.8 Å². The van der Waals surface area contributed by atoms with Crippen molar-refractivity contribution in [2.45, 2.75) is 6.92 Å². The summed E-state index contributed by atoms with van der Waals surface area (Å²) in [7, 11) is 0. The molecule has 0 unspecified atom stereocenters. The van der Waals surface area contributed by atoms with E-state index in [1.54, 1.807) is 0 Å². The lowest BCUT2D eigenvalue weighted by Crippen LogP contribution is -2.47. The van der Waals surface area contributed by atoms with E-state index in [0.717, 1.165) is 43.5 Å². The molecule has 0 aliphatic carbocycles. The maximum atomic E-state index is 12.1. The third-order valence-corrected chi connectivity index (χ3v) is 5.16. The van der Waals surface area contributed by atoms with Crippen LogP contribution in [0.5, 0.6) is 0 Å². The molecule has 0 bridgehead atoms. The van der Waals surface area contributed by atoms with Gasteiger partial charge in [0.15, 0.2) is 5.17 Å². The van der Waals surface area contributed by atoms with Crippen LogP contribution in [0.1, 0.15) is 12.5 Å². The van der Waals surface area contributed by atoms with E-state index in [4.69, 9.17) is 11.6 Å². The highest BCUT2D eigenvalue weighted by molar-refractivity contribution is 8.18. The van der Waals surface area contributed by atoms with Gasteiger partial charge in [-0.1, -0.05) is 30.7 Å². The number of carbonyl (C=O) groups excluding carboxylic acids is 1. The van der Waals surface area contributed by atoms with Crippen LogP contribution in [0.4, 0.5) is 0 Å². The molecule has 0 atom stereocenters. The van der Waals surface area contributed by atoms with Gasteiger partial charge in [-0.25, -0.2) is 0 Å². The van der Waals surface area contributed by atoms with Crippen molar-refractivity contribution in [2.24, 2.45) is 4.99 Å². The van der Waals surface area contributed by atoms with E-state index in [2.05, 4.69) is 21.7 Å². The highest BCUT2D eigenvalue weighted by Gasteiger charge is 2.28. The number of aliphatic imine (C=N–C) groups is 1. The van der Waals surface area contributed by atoms with Crippen molar-refractivity contribution in [2.75, 3.05) is 32.7 Å². The Labute approximate surface area is 139 Å². The van der Waals surface area contributed by atoms with E-state index in [1.807, 2.05) is 30.3 Å². The zero-order chi connectivity index (χ0) is 15.5. The van der Waals surface area contributed by atoms with E-state index < -0.39 is 0 Å². The third kappa shape index (κ3) is 3.54. The second kappa shape index (κ2) is 6.86. The number of benzene rings is 1. The predicted octanol–water partition coefficient (Wildman–Crippen LogP) is 2.95. The number of piperazine rings is 1. The van der Waals surface area contributed by atoms with Crippen molar-refractivity contribution in [3.05, 3.63) is 39.8 Å². The number of nitrogens with zero attached hydrogens (tertiary/aromatic N) is 3. The topological polar surface area (TPSA) is 35.9 Å². The van der Waals surface area contributed by atoms with Crippen LogP contribution < -0.4 is 0 Å². The molecule has 6 heteroatoms. The number of amidine groups is 1. The molecule has 1 aromatic rings. The molecule has 0 N–H and O–H groups in total. The van der Waals surface area contributed by atoms with Gasteiger partial charge in [0.25, 0.3) is 5.91 Å². The SMILES string of the molecule is CCN1CCN(C2=NC(=O)/C(=C/c3ccc(Cl)cc3)S2)CC1. The number of amides is 1. The molecule has 1 saturated heterocycles. The standard InChI is InChI=1S/C16H18ClN3OS/c1-2-19-7-9-20(10-8-19)16-18-15(21)14(22-16)11-12-3-5-13(17)6-4-12/h3-6,11H,2,7-10H2,1H3/b14-11-. The lowest BCUT2D eigenvalue weighted by molar-refractivity contribution is -0.113. The fourth-order valence-electron chi connectivity index (χ4n) is 2.50. The van der Waals surface area contributed by atoms with Gasteiger partial charge in [-0.05, 0) is 42.1 Å². The molecule has 1 aromatic carbocycles. The first-order chi connectivity index (χ1) is 10.7. The van der Waals surface area contributed by atoms with E-state index in [-0.39, 0.29) is 5.91 Å². The fraction of sp³-hybridized carbons (Fsp3) is 0.375. The second-order valence-corrected chi connectivity index (χ2v) is 6.73. The average molecular weight is 336 g/mol. The normalized spacial score (nSPS) is 21.5. The summed E-state index contributed by atoms with van der Waals surface area (Å²) < 4.78 is 0. The zero-order valence-corrected chi connectivity index (χ0v) is 14.0. The first kappa shape index (κ1) is 15.6. The molecule has 116 valence electrons. The molecule has 1 amide bonds. The Morgan fingerprint density at radius 2 is 1.91 bits per heavy atom. The Bertz CT molecular complexity index is 619. The van der Waals surface area contributed by atoms with Crippen LogP contribution >= 0.6 is 23.4 Å². The van der Waals surface area contributed by atoms with Gasteiger partial charge in [0.05, 0.1) is 4.91 Å². The Kier molecular flexibility index (Phi) is 4.86. The maximum Gasteiger partial charge on any atom is 0.286 e. The molecule has 22 heavy (non-hydrogen) atoms. The molecular formula is C16H18ClN3OS. The number of carbonyl (C=O) groups is 1. The fourth-order valence-corrected chi connectivity index (χ4v) is 3.59. The minimum atomic E-state index is -0.145. The van der Waals surface area contributed by atoms with E-state index in [0.29, 0.717) is 9.93 Å². The van der Waals surface area contributed by atoms with Crippen LogP contribution in [-0.4, -0.2) is 53.6 Å². The summed E-state index contributed by atoms with van der Waals surface area (Å²) in [4.78, 5) is 21.6.